The fraction of sp³-hybridized carbons (Fsp3) is 0.750. The van der Waals surface area contributed by atoms with E-state index in [4.69, 9.17) is 5.41 Å². The molecule has 0 bridgehead atoms. The fourth-order valence-electron chi connectivity index (χ4n) is 0.758. The van der Waals surface area contributed by atoms with Crippen LogP contribution >= 0.6 is 0 Å². The zero-order valence-corrected chi connectivity index (χ0v) is 6.74. The summed E-state index contributed by atoms with van der Waals surface area (Å²) in [7, 11) is 0. The molecule has 0 rings (SSSR count). The van der Waals surface area contributed by atoms with E-state index in [1.807, 2.05) is 0 Å². The summed E-state index contributed by atoms with van der Waals surface area (Å²) in [6, 6.07) is 0. The molecule has 58 valence electrons. The average Bonchev–Trinajstić information content (AvgIpc) is 1.82. The van der Waals surface area contributed by atoms with Crippen LogP contribution in [0.4, 0.5) is 0 Å². The van der Waals surface area contributed by atoms with Gasteiger partial charge in [0.1, 0.15) is 5.78 Å². The standard InChI is InChI=1S/C8H15NO/c1-3-4-5-8(10)6-7(2)9/h9H,3-6H2,1-2H3. The molecule has 0 spiro atoms. The minimum Gasteiger partial charge on any atom is -0.310 e. The number of carbonyl (C=O) groups is 1. The summed E-state index contributed by atoms with van der Waals surface area (Å²) >= 11 is 0. The minimum atomic E-state index is 0.203. The van der Waals surface area contributed by atoms with Crippen molar-refractivity contribution in [1.82, 2.24) is 0 Å². The van der Waals surface area contributed by atoms with Crippen LogP contribution in [-0.2, 0) is 4.79 Å². The van der Waals surface area contributed by atoms with Crippen molar-refractivity contribution in [2.24, 2.45) is 0 Å². The van der Waals surface area contributed by atoms with E-state index in [1.165, 1.54) is 0 Å². The third-order valence-corrected chi connectivity index (χ3v) is 1.27. The summed E-state index contributed by atoms with van der Waals surface area (Å²) in [5.41, 5.74) is 0.473. The van der Waals surface area contributed by atoms with Gasteiger partial charge in [-0.25, -0.2) is 0 Å². The molecule has 0 radical (unpaired) electrons. The summed E-state index contributed by atoms with van der Waals surface area (Å²) < 4.78 is 0. The van der Waals surface area contributed by atoms with Crippen LogP contribution < -0.4 is 0 Å². The van der Waals surface area contributed by atoms with Gasteiger partial charge in [-0.2, -0.15) is 0 Å². The molecule has 2 heteroatoms. The highest BCUT2D eigenvalue weighted by Crippen LogP contribution is 1.98. The minimum absolute atomic E-state index is 0.203. The van der Waals surface area contributed by atoms with Crippen LogP contribution in [0.1, 0.15) is 39.5 Å². The molecule has 0 amide bonds. The number of hydrogen-bond donors (Lipinski definition) is 1. The summed E-state index contributed by atoms with van der Waals surface area (Å²) in [5, 5.41) is 7.04. The van der Waals surface area contributed by atoms with Crippen LogP contribution in [0.5, 0.6) is 0 Å². The highest BCUT2D eigenvalue weighted by Gasteiger charge is 2.00. The molecule has 2 nitrogen and oxygen atoms in total. The van der Waals surface area contributed by atoms with Gasteiger partial charge >= 0.3 is 0 Å². The Morgan fingerprint density at radius 1 is 1.50 bits per heavy atom. The van der Waals surface area contributed by atoms with Crippen molar-refractivity contribution in [3.8, 4) is 0 Å². The van der Waals surface area contributed by atoms with Crippen molar-refractivity contribution in [3.63, 3.8) is 0 Å². The molecule has 0 aliphatic carbocycles. The Balaban J connectivity index is 3.35. The summed E-state index contributed by atoms with van der Waals surface area (Å²) in [6.45, 7) is 3.73. The molecule has 0 saturated carbocycles. The third-order valence-electron chi connectivity index (χ3n) is 1.27. The van der Waals surface area contributed by atoms with E-state index in [0.29, 0.717) is 18.6 Å². The van der Waals surface area contributed by atoms with E-state index >= 15 is 0 Å². The van der Waals surface area contributed by atoms with Crippen LogP contribution in [0.2, 0.25) is 0 Å². The Labute approximate surface area is 62.1 Å². The fourth-order valence-corrected chi connectivity index (χ4v) is 0.758. The van der Waals surface area contributed by atoms with Gasteiger partial charge in [0.05, 0.1) is 0 Å². The molecule has 0 saturated heterocycles. The van der Waals surface area contributed by atoms with Gasteiger partial charge in [-0.05, 0) is 13.3 Å². The molecule has 0 aromatic heterocycles. The number of carbonyl (C=O) groups excluding carboxylic acids is 1. The van der Waals surface area contributed by atoms with Gasteiger partial charge in [0.15, 0.2) is 0 Å². The quantitative estimate of drug-likeness (QED) is 0.586. The lowest BCUT2D eigenvalue weighted by Gasteiger charge is -1.95. The van der Waals surface area contributed by atoms with Crippen LogP contribution in [0.15, 0.2) is 0 Å². The lowest BCUT2D eigenvalue weighted by Crippen LogP contribution is -2.02. The van der Waals surface area contributed by atoms with E-state index in [9.17, 15) is 4.79 Å². The van der Waals surface area contributed by atoms with Crippen molar-refractivity contribution < 1.29 is 4.79 Å². The predicted molar refractivity (Wildman–Crippen MR) is 42.5 cm³/mol. The van der Waals surface area contributed by atoms with E-state index < -0.39 is 0 Å². The number of ketones is 1. The van der Waals surface area contributed by atoms with E-state index in [-0.39, 0.29) is 5.78 Å². The van der Waals surface area contributed by atoms with E-state index in [2.05, 4.69) is 6.92 Å². The number of unbranched alkanes of at least 4 members (excludes halogenated alkanes) is 1. The summed E-state index contributed by atoms with van der Waals surface area (Å²) in [5.74, 6) is 0.203. The third kappa shape index (κ3) is 5.48. The second-order valence-electron chi connectivity index (χ2n) is 2.60. The summed E-state index contributed by atoms with van der Waals surface area (Å²) in [4.78, 5) is 10.9. The van der Waals surface area contributed by atoms with Gasteiger partial charge in [-0.3, -0.25) is 4.79 Å². The maximum Gasteiger partial charge on any atom is 0.138 e. The highest BCUT2D eigenvalue weighted by atomic mass is 16.1. The van der Waals surface area contributed by atoms with Crippen molar-refractivity contribution in [1.29, 1.82) is 5.41 Å². The van der Waals surface area contributed by atoms with Crippen molar-refractivity contribution in [2.75, 3.05) is 0 Å². The van der Waals surface area contributed by atoms with Crippen LogP contribution in [0.3, 0.4) is 0 Å². The molecule has 0 aromatic rings. The van der Waals surface area contributed by atoms with Crippen molar-refractivity contribution >= 4 is 11.5 Å². The first kappa shape index (κ1) is 9.34. The Hall–Kier alpha value is -0.660. The van der Waals surface area contributed by atoms with E-state index in [0.717, 1.165) is 12.8 Å². The zero-order chi connectivity index (χ0) is 7.98. The smallest absolute Gasteiger partial charge is 0.138 e. The number of rotatable bonds is 5. The molecule has 0 aromatic carbocycles. The topological polar surface area (TPSA) is 40.9 Å². The lowest BCUT2D eigenvalue weighted by molar-refractivity contribution is -0.118. The second kappa shape index (κ2) is 5.15. The first-order chi connectivity index (χ1) is 4.66. The number of nitrogens with one attached hydrogen (secondary N) is 1. The average molecular weight is 141 g/mol. The van der Waals surface area contributed by atoms with Crippen LogP contribution in [-0.4, -0.2) is 11.5 Å². The first-order valence-electron chi connectivity index (χ1n) is 3.72. The SMILES string of the molecule is CCCCC(=O)CC(C)=N. The predicted octanol–water partition coefficient (Wildman–Crippen LogP) is 2.18. The molecule has 0 aliphatic heterocycles. The van der Waals surface area contributed by atoms with Crippen LogP contribution in [0, 0.1) is 5.41 Å². The normalized spacial score (nSPS) is 9.40. The molecule has 1 N–H and O–H groups in total. The number of Topliss-reactive ketones (excluding diaryl/α,β-unsaturated/α-hetero) is 1. The van der Waals surface area contributed by atoms with Gasteiger partial charge in [-0.15, -0.1) is 0 Å². The Kier molecular flexibility index (Phi) is 4.81. The molecule has 10 heavy (non-hydrogen) atoms. The van der Waals surface area contributed by atoms with Gasteiger partial charge in [0.25, 0.3) is 0 Å². The van der Waals surface area contributed by atoms with Gasteiger partial charge in [0, 0.05) is 18.6 Å². The monoisotopic (exact) mass is 141 g/mol. The molecule has 0 atom stereocenters. The largest absolute Gasteiger partial charge is 0.310 e. The van der Waals surface area contributed by atoms with Crippen LogP contribution in [0.25, 0.3) is 0 Å². The van der Waals surface area contributed by atoms with Gasteiger partial charge in [0.2, 0.25) is 0 Å². The molecule has 0 fully saturated rings. The molecular weight excluding hydrogens is 126 g/mol. The zero-order valence-electron chi connectivity index (χ0n) is 6.74. The second-order valence-corrected chi connectivity index (χ2v) is 2.60. The Morgan fingerprint density at radius 2 is 2.10 bits per heavy atom. The van der Waals surface area contributed by atoms with Gasteiger partial charge < -0.3 is 5.41 Å². The first-order valence-corrected chi connectivity index (χ1v) is 3.72. The Bertz CT molecular complexity index is 129. The highest BCUT2D eigenvalue weighted by molar-refractivity contribution is 5.99. The maximum absolute atomic E-state index is 10.9. The maximum atomic E-state index is 10.9. The number of hydrogen-bond acceptors (Lipinski definition) is 2. The van der Waals surface area contributed by atoms with E-state index in [1.54, 1.807) is 6.92 Å². The molecular formula is C8H15NO. The summed E-state index contributed by atoms with van der Waals surface area (Å²) in [6.07, 6.45) is 3.02. The Morgan fingerprint density at radius 3 is 2.50 bits per heavy atom. The molecule has 0 aliphatic rings. The van der Waals surface area contributed by atoms with Crippen molar-refractivity contribution in [2.45, 2.75) is 39.5 Å². The molecule has 0 heterocycles. The van der Waals surface area contributed by atoms with Crippen molar-refractivity contribution in [3.05, 3.63) is 0 Å². The van der Waals surface area contributed by atoms with Gasteiger partial charge in [-0.1, -0.05) is 13.3 Å². The molecule has 0 unspecified atom stereocenters. The lowest BCUT2D eigenvalue weighted by atomic mass is 10.1.